The van der Waals surface area contributed by atoms with Gasteiger partial charge in [0.05, 0.1) is 17.1 Å². The Labute approximate surface area is 274 Å². The van der Waals surface area contributed by atoms with Gasteiger partial charge in [-0.2, -0.15) is 0 Å². The molecule has 0 atom stereocenters. The molecule has 3 nitrogen and oxygen atoms in total. The first-order chi connectivity index (χ1) is 23.3. The van der Waals surface area contributed by atoms with Crippen LogP contribution in [-0.2, 0) is 0 Å². The Morgan fingerprint density at radius 1 is 0.340 bits per heavy atom. The number of fused-ring (bicyclic) bond motifs is 3. The van der Waals surface area contributed by atoms with Gasteiger partial charge >= 0.3 is 0 Å². The van der Waals surface area contributed by atoms with Crippen molar-refractivity contribution < 1.29 is 0 Å². The van der Waals surface area contributed by atoms with Gasteiger partial charge in [0.25, 0.3) is 0 Å². The average molecular weight is 600 g/mol. The first-order valence-electron chi connectivity index (χ1n) is 15.9. The van der Waals surface area contributed by atoms with Gasteiger partial charge < -0.3 is 4.90 Å². The van der Waals surface area contributed by atoms with Crippen LogP contribution in [0.25, 0.3) is 66.8 Å². The molecule has 6 aromatic carbocycles. The van der Waals surface area contributed by atoms with E-state index in [9.17, 15) is 0 Å². The van der Waals surface area contributed by atoms with Crippen molar-refractivity contribution in [3.05, 3.63) is 176 Å². The number of hydrogen-bond acceptors (Lipinski definition) is 3. The Morgan fingerprint density at radius 3 is 1.62 bits per heavy atom. The fraction of sp³-hybridized carbons (Fsp3) is 0. The molecule has 2 aromatic heterocycles. The normalized spacial score (nSPS) is 11.4. The minimum absolute atomic E-state index is 0.864. The van der Waals surface area contributed by atoms with E-state index in [1.165, 1.54) is 44.2 Å². The topological polar surface area (TPSA) is 29.0 Å². The molecule has 1 aliphatic rings. The van der Waals surface area contributed by atoms with Gasteiger partial charge in [-0.25, -0.2) is 4.98 Å². The van der Waals surface area contributed by atoms with E-state index in [2.05, 4.69) is 143 Å². The largest absolute Gasteiger partial charge is 0.311 e. The number of aromatic nitrogens is 2. The molecule has 0 saturated carbocycles. The zero-order valence-corrected chi connectivity index (χ0v) is 25.6. The van der Waals surface area contributed by atoms with Crippen LogP contribution in [0.4, 0.5) is 17.1 Å². The third kappa shape index (κ3) is 4.68. The van der Waals surface area contributed by atoms with Crippen LogP contribution >= 0.6 is 0 Å². The molecular formula is C44H29N3. The molecule has 0 amide bonds. The summed E-state index contributed by atoms with van der Waals surface area (Å²) in [5, 5.41) is 2.64. The summed E-state index contributed by atoms with van der Waals surface area (Å²) in [7, 11) is 0. The molecule has 8 aromatic rings. The third-order valence-electron chi connectivity index (χ3n) is 9.10. The maximum atomic E-state index is 4.91. The Kier molecular flexibility index (Phi) is 6.46. The summed E-state index contributed by atoms with van der Waals surface area (Å²) >= 11 is 0. The molecule has 0 saturated heterocycles. The Bertz CT molecular complexity index is 2350. The standard InChI is InChI=1S/C44H29N3/c1-2-10-32(11-3-1)47(34-25-21-31(22-26-34)41-17-9-18-43(46-41)42-16-6-7-29-45-42)33-23-19-30(20-24-33)35-27-28-40-37-13-5-4-12-36(37)39-15-8-14-38(35)44(39)40/h1-29H. The number of nitrogens with zero attached hydrogens (tertiary/aromatic N) is 3. The summed E-state index contributed by atoms with van der Waals surface area (Å²) in [6, 6.07) is 60.1. The van der Waals surface area contributed by atoms with Gasteiger partial charge in [-0.05, 0) is 105 Å². The Morgan fingerprint density at radius 2 is 0.894 bits per heavy atom. The first kappa shape index (κ1) is 27.0. The van der Waals surface area contributed by atoms with E-state index in [4.69, 9.17) is 4.98 Å². The van der Waals surface area contributed by atoms with Crippen molar-refractivity contribution in [2.75, 3.05) is 4.90 Å². The molecule has 3 heteroatoms. The monoisotopic (exact) mass is 599 g/mol. The SMILES string of the molecule is c1ccc(N(c2ccc(-c3cccc(-c4ccccn4)n3)cc2)c2ccc(-c3ccc4c5c(cccc35)-c3ccccc3-4)cc2)cc1. The Balaban J connectivity index is 1.07. The summed E-state index contributed by atoms with van der Waals surface area (Å²) in [6.45, 7) is 0. The second-order valence-electron chi connectivity index (χ2n) is 11.8. The van der Waals surface area contributed by atoms with E-state index in [0.29, 0.717) is 0 Å². The lowest BCUT2D eigenvalue weighted by Gasteiger charge is -2.26. The van der Waals surface area contributed by atoms with Crippen LogP contribution in [-0.4, -0.2) is 9.97 Å². The smallest absolute Gasteiger partial charge is 0.0893 e. The van der Waals surface area contributed by atoms with Crippen molar-refractivity contribution >= 4 is 27.8 Å². The number of rotatable bonds is 6. The van der Waals surface area contributed by atoms with Crippen LogP contribution in [0.15, 0.2) is 176 Å². The fourth-order valence-corrected chi connectivity index (χ4v) is 6.91. The van der Waals surface area contributed by atoms with E-state index >= 15 is 0 Å². The zero-order valence-electron chi connectivity index (χ0n) is 25.6. The second kappa shape index (κ2) is 11.2. The van der Waals surface area contributed by atoms with Gasteiger partial charge in [0.15, 0.2) is 0 Å². The highest BCUT2D eigenvalue weighted by Gasteiger charge is 2.22. The van der Waals surface area contributed by atoms with Gasteiger partial charge in [-0.3, -0.25) is 4.98 Å². The molecule has 0 aliphatic heterocycles. The summed E-state index contributed by atoms with van der Waals surface area (Å²) in [5.74, 6) is 0. The van der Waals surface area contributed by atoms with Crippen LogP contribution in [0.5, 0.6) is 0 Å². The third-order valence-corrected chi connectivity index (χ3v) is 9.10. The number of pyridine rings is 2. The molecule has 0 bridgehead atoms. The fourth-order valence-electron chi connectivity index (χ4n) is 6.91. The van der Waals surface area contributed by atoms with Crippen molar-refractivity contribution in [3.63, 3.8) is 0 Å². The van der Waals surface area contributed by atoms with Crippen molar-refractivity contribution in [1.82, 2.24) is 9.97 Å². The lowest BCUT2D eigenvalue weighted by Crippen LogP contribution is -2.09. The number of anilines is 3. The van der Waals surface area contributed by atoms with E-state index in [1.54, 1.807) is 6.20 Å². The highest BCUT2D eigenvalue weighted by atomic mass is 15.1. The average Bonchev–Trinajstić information content (AvgIpc) is 3.48. The van der Waals surface area contributed by atoms with Crippen LogP contribution in [0.3, 0.4) is 0 Å². The van der Waals surface area contributed by atoms with Crippen LogP contribution in [0.1, 0.15) is 0 Å². The van der Waals surface area contributed by atoms with Crippen molar-refractivity contribution in [3.8, 4) is 56.0 Å². The van der Waals surface area contributed by atoms with Gasteiger partial charge in [0.1, 0.15) is 0 Å². The minimum atomic E-state index is 0.864. The van der Waals surface area contributed by atoms with E-state index in [0.717, 1.165) is 39.7 Å². The van der Waals surface area contributed by atoms with E-state index < -0.39 is 0 Å². The molecule has 2 heterocycles. The zero-order chi connectivity index (χ0) is 31.2. The molecule has 0 spiro atoms. The van der Waals surface area contributed by atoms with Gasteiger partial charge in [0.2, 0.25) is 0 Å². The predicted molar refractivity (Wildman–Crippen MR) is 195 cm³/mol. The van der Waals surface area contributed by atoms with Gasteiger partial charge in [-0.1, -0.05) is 109 Å². The van der Waals surface area contributed by atoms with Crippen molar-refractivity contribution in [2.45, 2.75) is 0 Å². The summed E-state index contributed by atoms with van der Waals surface area (Å²) in [4.78, 5) is 11.7. The minimum Gasteiger partial charge on any atom is -0.311 e. The molecule has 0 unspecified atom stereocenters. The van der Waals surface area contributed by atoms with E-state index in [-0.39, 0.29) is 0 Å². The quantitative estimate of drug-likeness (QED) is 0.190. The molecule has 220 valence electrons. The lowest BCUT2D eigenvalue weighted by molar-refractivity contribution is 1.24. The predicted octanol–water partition coefficient (Wildman–Crippen LogP) is 11.7. The van der Waals surface area contributed by atoms with Crippen LogP contribution in [0.2, 0.25) is 0 Å². The van der Waals surface area contributed by atoms with E-state index in [1.807, 2.05) is 36.4 Å². The Hall–Kier alpha value is -6.32. The summed E-state index contributed by atoms with van der Waals surface area (Å²) in [6.07, 6.45) is 1.80. The summed E-state index contributed by atoms with van der Waals surface area (Å²) < 4.78 is 0. The van der Waals surface area contributed by atoms with Crippen LogP contribution < -0.4 is 4.90 Å². The molecule has 9 rings (SSSR count). The molecule has 1 aliphatic carbocycles. The number of para-hydroxylation sites is 1. The maximum absolute atomic E-state index is 4.91. The number of hydrogen-bond donors (Lipinski definition) is 0. The van der Waals surface area contributed by atoms with Gasteiger partial charge in [0, 0.05) is 28.8 Å². The molecule has 47 heavy (non-hydrogen) atoms. The van der Waals surface area contributed by atoms with Crippen molar-refractivity contribution in [1.29, 1.82) is 0 Å². The summed E-state index contributed by atoms with van der Waals surface area (Å²) in [5.41, 5.74) is 14.7. The molecule has 0 radical (unpaired) electrons. The molecule has 0 fully saturated rings. The van der Waals surface area contributed by atoms with Crippen LogP contribution in [0, 0.1) is 0 Å². The lowest BCUT2D eigenvalue weighted by atomic mass is 9.94. The second-order valence-corrected chi connectivity index (χ2v) is 11.8. The van der Waals surface area contributed by atoms with Crippen molar-refractivity contribution in [2.24, 2.45) is 0 Å². The first-order valence-corrected chi connectivity index (χ1v) is 15.9. The highest BCUT2D eigenvalue weighted by molar-refractivity contribution is 6.18. The molecular weight excluding hydrogens is 571 g/mol. The maximum Gasteiger partial charge on any atom is 0.0893 e. The van der Waals surface area contributed by atoms with Gasteiger partial charge in [-0.15, -0.1) is 0 Å². The number of benzene rings is 6. The molecule has 0 N–H and O–H groups in total. The highest BCUT2D eigenvalue weighted by Crippen LogP contribution is 2.49.